The smallest absolute Gasteiger partial charge is 0.269 e. The highest BCUT2D eigenvalue weighted by Crippen LogP contribution is 2.31. The quantitative estimate of drug-likeness (QED) is 0.686. The molecule has 1 saturated heterocycles. The van der Waals surface area contributed by atoms with Crippen molar-refractivity contribution in [3.05, 3.63) is 64.1 Å². The van der Waals surface area contributed by atoms with E-state index >= 15 is 0 Å². The van der Waals surface area contributed by atoms with Crippen LogP contribution < -0.4 is 5.32 Å². The Morgan fingerprint density at radius 3 is 2.86 bits per heavy atom. The summed E-state index contributed by atoms with van der Waals surface area (Å²) in [7, 11) is 0. The number of benzene rings is 1. The molecule has 0 saturated carbocycles. The van der Waals surface area contributed by atoms with E-state index < -0.39 is 4.92 Å². The molecule has 114 valence electrons. The van der Waals surface area contributed by atoms with E-state index in [2.05, 4.69) is 5.32 Å². The number of carbonyl (C=O) groups is 1. The zero-order valence-corrected chi connectivity index (χ0v) is 11.8. The standard InChI is InChI=1S/C15H15N3O4/c19-14-10-17(7-6-16-14)15(13-5-2-8-22-13)11-3-1-4-12(9-11)18(20)21/h1-5,8-9,15H,6-7,10H2,(H,16,19). The summed E-state index contributed by atoms with van der Waals surface area (Å²) >= 11 is 0. The van der Waals surface area contributed by atoms with Crippen LogP contribution in [0.1, 0.15) is 17.4 Å². The van der Waals surface area contributed by atoms with Crippen LogP contribution in [-0.2, 0) is 4.79 Å². The molecule has 1 fully saturated rings. The van der Waals surface area contributed by atoms with Crippen molar-refractivity contribution in [3.63, 3.8) is 0 Å². The zero-order valence-electron chi connectivity index (χ0n) is 11.8. The summed E-state index contributed by atoms with van der Waals surface area (Å²) < 4.78 is 5.50. The van der Waals surface area contributed by atoms with Gasteiger partial charge < -0.3 is 9.73 Å². The predicted molar refractivity (Wildman–Crippen MR) is 78.2 cm³/mol. The Bertz CT molecular complexity index is 684. The topological polar surface area (TPSA) is 88.6 Å². The van der Waals surface area contributed by atoms with Gasteiger partial charge in [0.15, 0.2) is 0 Å². The van der Waals surface area contributed by atoms with Crippen LogP contribution in [0.15, 0.2) is 47.1 Å². The summed E-state index contributed by atoms with van der Waals surface area (Å²) in [6, 6.07) is 9.70. The average molecular weight is 301 g/mol. The highest BCUT2D eigenvalue weighted by Gasteiger charge is 2.29. The van der Waals surface area contributed by atoms with Gasteiger partial charge in [-0.15, -0.1) is 0 Å². The number of nitrogens with zero attached hydrogens (tertiary/aromatic N) is 2. The normalized spacial score (nSPS) is 17.0. The number of amides is 1. The van der Waals surface area contributed by atoms with Crippen LogP contribution in [0.5, 0.6) is 0 Å². The van der Waals surface area contributed by atoms with Crippen LogP contribution in [0.4, 0.5) is 5.69 Å². The summed E-state index contributed by atoms with van der Waals surface area (Å²) in [5.74, 6) is 0.600. The third kappa shape index (κ3) is 2.84. The molecule has 0 spiro atoms. The van der Waals surface area contributed by atoms with Crippen LogP contribution in [-0.4, -0.2) is 35.4 Å². The van der Waals surface area contributed by atoms with Crippen molar-refractivity contribution in [2.75, 3.05) is 19.6 Å². The first kappa shape index (κ1) is 14.3. The van der Waals surface area contributed by atoms with E-state index in [1.165, 1.54) is 12.1 Å². The molecule has 22 heavy (non-hydrogen) atoms. The summed E-state index contributed by atoms with van der Waals surface area (Å²) in [5, 5.41) is 13.8. The largest absolute Gasteiger partial charge is 0.467 e. The predicted octanol–water partition coefficient (Wildman–Crippen LogP) is 1.71. The zero-order chi connectivity index (χ0) is 15.5. The minimum Gasteiger partial charge on any atom is -0.467 e. The second kappa shape index (κ2) is 5.98. The molecule has 1 unspecified atom stereocenters. The van der Waals surface area contributed by atoms with Crippen LogP contribution in [0.25, 0.3) is 0 Å². The van der Waals surface area contributed by atoms with Gasteiger partial charge in [-0.25, -0.2) is 0 Å². The SMILES string of the molecule is O=C1CN(C(c2cccc([N+](=O)[O-])c2)c2ccco2)CCN1. The third-order valence-corrected chi connectivity index (χ3v) is 3.64. The van der Waals surface area contributed by atoms with Gasteiger partial charge in [-0.05, 0) is 17.7 Å². The van der Waals surface area contributed by atoms with Crippen molar-refractivity contribution in [1.82, 2.24) is 10.2 Å². The molecule has 2 heterocycles. The highest BCUT2D eigenvalue weighted by atomic mass is 16.6. The Kier molecular flexibility index (Phi) is 3.88. The number of nitro benzene ring substituents is 1. The lowest BCUT2D eigenvalue weighted by Gasteiger charge is -2.33. The van der Waals surface area contributed by atoms with E-state index in [9.17, 15) is 14.9 Å². The Morgan fingerprint density at radius 2 is 2.18 bits per heavy atom. The number of carbonyl (C=O) groups excluding carboxylic acids is 1. The van der Waals surface area contributed by atoms with Gasteiger partial charge in [0.05, 0.1) is 23.8 Å². The molecule has 1 aliphatic rings. The van der Waals surface area contributed by atoms with Gasteiger partial charge in [0, 0.05) is 25.2 Å². The Morgan fingerprint density at radius 1 is 1.32 bits per heavy atom. The van der Waals surface area contributed by atoms with Gasteiger partial charge in [-0.3, -0.25) is 19.8 Å². The van der Waals surface area contributed by atoms with E-state index in [-0.39, 0.29) is 24.2 Å². The molecule has 1 atom stereocenters. The Hall–Kier alpha value is -2.67. The maximum absolute atomic E-state index is 11.7. The van der Waals surface area contributed by atoms with E-state index in [0.717, 1.165) is 5.56 Å². The molecule has 1 amide bonds. The number of non-ortho nitro benzene ring substituents is 1. The van der Waals surface area contributed by atoms with Crippen LogP contribution >= 0.6 is 0 Å². The van der Waals surface area contributed by atoms with Gasteiger partial charge in [0.2, 0.25) is 5.91 Å². The van der Waals surface area contributed by atoms with E-state index in [1.807, 2.05) is 17.0 Å². The van der Waals surface area contributed by atoms with Crippen molar-refractivity contribution in [3.8, 4) is 0 Å². The summed E-state index contributed by atoms with van der Waals surface area (Å²) in [5.41, 5.74) is 0.759. The average Bonchev–Trinajstić information content (AvgIpc) is 3.02. The van der Waals surface area contributed by atoms with Crippen molar-refractivity contribution in [1.29, 1.82) is 0 Å². The van der Waals surface area contributed by atoms with Gasteiger partial charge in [0.1, 0.15) is 5.76 Å². The molecule has 0 aliphatic carbocycles. The maximum Gasteiger partial charge on any atom is 0.269 e. The second-order valence-electron chi connectivity index (χ2n) is 5.09. The first-order chi connectivity index (χ1) is 10.6. The number of piperazine rings is 1. The molecular weight excluding hydrogens is 286 g/mol. The van der Waals surface area contributed by atoms with Gasteiger partial charge in [-0.2, -0.15) is 0 Å². The lowest BCUT2D eigenvalue weighted by Crippen LogP contribution is -2.49. The second-order valence-corrected chi connectivity index (χ2v) is 5.09. The molecule has 7 nitrogen and oxygen atoms in total. The maximum atomic E-state index is 11.7. The van der Waals surface area contributed by atoms with E-state index in [1.54, 1.807) is 18.4 Å². The van der Waals surface area contributed by atoms with Gasteiger partial charge in [-0.1, -0.05) is 12.1 Å². The molecule has 1 aliphatic heterocycles. The molecule has 1 aromatic heterocycles. The molecule has 1 N–H and O–H groups in total. The number of hydrogen-bond acceptors (Lipinski definition) is 5. The van der Waals surface area contributed by atoms with Crippen molar-refractivity contribution >= 4 is 11.6 Å². The van der Waals surface area contributed by atoms with Crippen LogP contribution in [0, 0.1) is 10.1 Å². The number of hydrogen-bond donors (Lipinski definition) is 1. The Labute approximate surface area is 126 Å². The van der Waals surface area contributed by atoms with E-state index in [4.69, 9.17) is 4.42 Å². The fraction of sp³-hybridized carbons (Fsp3) is 0.267. The summed E-state index contributed by atoms with van der Waals surface area (Å²) in [6.45, 7) is 1.43. The van der Waals surface area contributed by atoms with Crippen molar-refractivity contribution in [2.45, 2.75) is 6.04 Å². The molecule has 0 bridgehead atoms. The number of nitro groups is 1. The monoisotopic (exact) mass is 301 g/mol. The Balaban J connectivity index is 2.00. The lowest BCUT2D eigenvalue weighted by molar-refractivity contribution is -0.384. The van der Waals surface area contributed by atoms with Crippen molar-refractivity contribution in [2.24, 2.45) is 0 Å². The fourth-order valence-electron chi connectivity index (χ4n) is 2.69. The van der Waals surface area contributed by atoms with Gasteiger partial charge in [0.25, 0.3) is 5.69 Å². The molecular formula is C15H15N3O4. The number of rotatable bonds is 4. The minimum atomic E-state index is -0.425. The summed E-state index contributed by atoms with van der Waals surface area (Å²) in [6.07, 6.45) is 1.56. The first-order valence-corrected chi connectivity index (χ1v) is 6.93. The minimum absolute atomic E-state index is 0.0236. The molecule has 3 rings (SSSR count). The van der Waals surface area contributed by atoms with Crippen LogP contribution in [0.3, 0.4) is 0 Å². The molecule has 1 aromatic carbocycles. The lowest BCUT2D eigenvalue weighted by atomic mass is 10.0. The number of furan rings is 1. The van der Waals surface area contributed by atoms with Crippen molar-refractivity contribution < 1.29 is 14.1 Å². The third-order valence-electron chi connectivity index (χ3n) is 3.64. The van der Waals surface area contributed by atoms with Crippen LogP contribution in [0.2, 0.25) is 0 Å². The first-order valence-electron chi connectivity index (χ1n) is 6.93. The van der Waals surface area contributed by atoms with E-state index in [0.29, 0.717) is 18.8 Å². The number of nitrogens with one attached hydrogen (secondary N) is 1. The summed E-state index contributed by atoms with van der Waals surface area (Å²) in [4.78, 5) is 24.2. The molecule has 0 radical (unpaired) electrons. The van der Waals surface area contributed by atoms with Gasteiger partial charge >= 0.3 is 0 Å². The molecule has 7 heteroatoms. The fourth-order valence-corrected chi connectivity index (χ4v) is 2.69. The highest BCUT2D eigenvalue weighted by molar-refractivity contribution is 5.78. The molecule has 2 aromatic rings.